The van der Waals surface area contributed by atoms with E-state index in [0.29, 0.717) is 17.0 Å². The van der Waals surface area contributed by atoms with Crippen LogP contribution in [0.1, 0.15) is 22.8 Å². The zero-order valence-corrected chi connectivity index (χ0v) is 13.3. The minimum Gasteiger partial charge on any atom is -0.481 e. The van der Waals surface area contributed by atoms with Crippen molar-refractivity contribution in [1.29, 1.82) is 0 Å². The Kier molecular flexibility index (Phi) is 5.36. The van der Waals surface area contributed by atoms with E-state index in [1.54, 1.807) is 31.2 Å². The Labute approximate surface area is 135 Å². The highest BCUT2D eigenvalue weighted by molar-refractivity contribution is 5.95. The summed E-state index contributed by atoms with van der Waals surface area (Å²) in [5.74, 6) is -0.00519. The number of benzene rings is 2. The fourth-order valence-electron chi connectivity index (χ4n) is 1.98. The van der Waals surface area contributed by atoms with Gasteiger partial charge in [0.25, 0.3) is 5.91 Å². The first-order chi connectivity index (χ1) is 11.0. The van der Waals surface area contributed by atoms with Crippen molar-refractivity contribution in [2.75, 3.05) is 12.4 Å². The number of hydrogen-bond acceptors (Lipinski definition) is 4. The summed E-state index contributed by atoms with van der Waals surface area (Å²) in [4.78, 5) is 23.5. The average Bonchev–Trinajstić information content (AvgIpc) is 2.56. The van der Waals surface area contributed by atoms with Gasteiger partial charge in [0.1, 0.15) is 5.75 Å². The molecule has 0 aliphatic heterocycles. The van der Waals surface area contributed by atoms with Crippen molar-refractivity contribution >= 4 is 17.6 Å². The van der Waals surface area contributed by atoms with Crippen molar-refractivity contribution in [3.05, 3.63) is 59.7 Å². The Hall–Kier alpha value is -2.82. The molecule has 0 spiro atoms. The van der Waals surface area contributed by atoms with Gasteiger partial charge >= 0.3 is 5.97 Å². The first kappa shape index (κ1) is 16.5. The molecule has 1 atom stereocenters. The smallest absolute Gasteiger partial charge is 0.337 e. The maximum absolute atomic E-state index is 12.2. The van der Waals surface area contributed by atoms with Crippen LogP contribution in [0.5, 0.6) is 5.75 Å². The summed E-state index contributed by atoms with van der Waals surface area (Å²) in [5, 5.41) is 2.75. The third-order valence-electron chi connectivity index (χ3n) is 3.34. The summed E-state index contributed by atoms with van der Waals surface area (Å²) in [6.45, 7) is 3.61. The molecule has 23 heavy (non-hydrogen) atoms. The molecule has 0 saturated heterocycles. The van der Waals surface area contributed by atoms with Crippen LogP contribution in [0.3, 0.4) is 0 Å². The summed E-state index contributed by atoms with van der Waals surface area (Å²) in [5.41, 5.74) is 1.98. The molecule has 0 fully saturated rings. The van der Waals surface area contributed by atoms with Crippen LogP contribution in [-0.4, -0.2) is 25.1 Å². The topological polar surface area (TPSA) is 64.6 Å². The van der Waals surface area contributed by atoms with Crippen molar-refractivity contribution in [2.24, 2.45) is 0 Å². The standard InChI is InChI=1S/C18H19NO4/c1-12-6-4-5-7-16(12)23-13(2)17(20)19-15-10-8-14(9-11-15)18(21)22-3/h4-11,13H,1-3H3,(H,19,20). The minimum atomic E-state index is -0.642. The second kappa shape index (κ2) is 7.45. The van der Waals surface area contributed by atoms with Crippen LogP contribution in [0, 0.1) is 6.92 Å². The number of carbonyl (C=O) groups is 2. The number of nitrogens with one attached hydrogen (secondary N) is 1. The van der Waals surface area contributed by atoms with E-state index in [1.165, 1.54) is 7.11 Å². The molecule has 0 heterocycles. The van der Waals surface area contributed by atoms with Gasteiger partial charge in [-0.25, -0.2) is 4.79 Å². The molecule has 2 aromatic carbocycles. The second-order valence-electron chi connectivity index (χ2n) is 5.08. The molecule has 2 rings (SSSR count). The highest BCUT2D eigenvalue weighted by Gasteiger charge is 2.16. The third-order valence-corrected chi connectivity index (χ3v) is 3.34. The van der Waals surface area contributed by atoms with Crippen molar-refractivity contribution in [3.8, 4) is 5.75 Å². The van der Waals surface area contributed by atoms with E-state index in [0.717, 1.165) is 5.56 Å². The van der Waals surface area contributed by atoms with E-state index in [2.05, 4.69) is 10.1 Å². The number of hydrogen-bond donors (Lipinski definition) is 1. The quantitative estimate of drug-likeness (QED) is 0.861. The molecular formula is C18H19NO4. The number of rotatable bonds is 5. The fraction of sp³-hybridized carbons (Fsp3) is 0.222. The third kappa shape index (κ3) is 4.32. The van der Waals surface area contributed by atoms with Crippen molar-refractivity contribution in [3.63, 3.8) is 0 Å². The lowest BCUT2D eigenvalue weighted by atomic mass is 10.2. The Bertz CT molecular complexity index is 694. The lowest BCUT2D eigenvalue weighted by Crippen LogP contribution is -2.30. The average molecular weight is 313 g/mol. The van der Waals surface area contributed by atoms with Crippen molar-refractivity contribution in [2.45, 2.75) is 20.0 Å². The molecule has 120 valence electrons. The van der Waals surface area contributed by atoms with Gasteiger partial charge in [-0.2, -0.15) is 0 Å². The molecule has 1 unspecified atom stereocenters. The number of amides is 1. The maximum Gasteiger partial charge on any atom is 0.337 e. The van der Waals surface area contributed by atoms with Gasteiger partial charge in [0, 0.05) is 5.69 Å². The van der Waals surface area contributed by atoms with Crippen LogP contribution in [0.15, 0.2) is 48.5 Å². The molecule has 0 aliphatic carbocycles. The van der Waals surface area contributed by atoms with Gasteiger partial charge < -0.3 is 14.8 Å². The Balaban J connectivity index is 1.98. The van der Waals surface area contributed by atoms with Gasteiger partial charge in [0.15, 0.2) is 6.10 Å². The molecule has 5 heteroatoms. The molecular weight excluding hydrogens is 294 g/mol. The van der Waals surface area contributed by atoms with Gasteiger partial charge in [-0.3, -0.25) is 4.79 Å². The van der Waals surface area contributed by atoms with Crippen LogP contribution in [-0.2, 0) is 9.53 Å². The van der Waals surface area contributed by atoms with E-state index in [4.69, 9.17) is 4.74 Å². The van der Waals surface area contributed by atoms with Crippen LogP contribution in [0.25, 0.3) is 0 Å². The normalized spacial score (nSPS) is 11.4. The molecule has 0 saturated carbocycles. The number of methoxy groups -OCH3 is 1. The summed E-state index contributed by atoms with van der Waals surface area (Å²) < 4.78 is 10.3. The molecule has 0 aromatic heterocycles. The van der Waals surface area contributed by atoms with Gasteiger partial charge in [-0.15, -0.1) is 0 Å². The van der Waals surface area contributed by atoms with E-state index in [1.807, 2.05) is 31.2 Å². The van der Waals surface area contributed by atoms with Gasteiger partial charge in [0.2, 0.25) is 0 Å². The molecule has 0 radical (unpaired) electrons. The Morgan fingerprint density at radius 3 is 2.30 bits per heavy atom. The van der Waals surface area contributed by atoms with Crippen LogP contribution >= 0.6 is 0 Å². The SMILES string of the molecule is COC(=O)c1ccc(NC(=O)C(C)Oc2ccccc2C)cc1. The Morgan fingerprint density at radius 2 is 1.70 bits per heavy atom. The van der Waals surface area contributed by atoms with Crippen LogP contribution < -0.4 is 10.1 Å². The number of para-hydroxylation sites is 1. The zero-order valence-electron chi connectivity index (χ0n) is 13.3. The number of esters is 1. The number of anilines is 1. The minimum absolute atomic E-state index is 0.265. The largest absolute Gasteiger partial charge is 0.481 e. The lowest BCUT2D eigenvalue weighted by Gasteiger charge is -2.16. The van der Waals surface area contributed by atoms with Gasteiger partial charge in [0.05, 0.1) is 12.7 Å². The van der Waals surface area contributed by atoms with E-state index >= 15 is 0 Å². The first-order valence-electron chi connectivity index (χ1n) is 7.23. The predicted octanol–water partition coefficient (Wildman–Crippen LogP) is 3.19. The predicted molar refractivity (Wildman–Crippen MR) is 87.7 cm³/mol. The van der Waals surface area contributed by atoms with Gasteiger partial charge in [-0.1, -0.05) is 18.2 Å². The maximum atomic E-state index is 12.2. The summed E-state index contributed by atoms with van der Waals surface area (Å²) in [7, 11) is 1.32. The number of aryl methyl sites for hydroxylation is 1. The molecule has 1 N–H and O–H groups in total. The lowest BCUT2D eigenvalue weighted by molar-refractivity contribution is -0.122. The zero-order chi connectivity index (χ0) is 16.8. The highest BCUT2D eigenvalue weighted by Crippen LogP contribution is 2.18. The molecule has 5 nitrogen and oxygen atoms in total. The summed E-state index contributed by atoms with van der Waals surface area (Å²) >= 11 is 0. The fourth-order valence-corrected chi connectivity index (χ4v) is 1.98. The van der Waals surface area contributed by atoms with Crippen molar-refractivity contribution in [1.82, 2.24) is 0 Å². The second-order valence-corrected chi connectivity index (χ2v) is 5.08. The molecule has 0 bridgehead atoms. The number of carbonyl (C=O) groups excluding carboxylic acids is 2. The van der Waals surface area contributed by atoms with Crippen LogP contribution in [0.4, 0.5) is 5.69 Å². The van der Waals surface area contributed by atoms with E-state index in [9.17, 15) is 9.59 Å². The highest BCUT2D eigenvalue weighted by atomic mass is 16.5. The molecule has 0 aliphatic rings. The first-order valence-corrected chi connectivity index (χ1v) is 7.23. The number of ether oxygens (including phenoxy) is 2. The van der Waals surface area contributed by atoms with E-state index in [-0.39, 0.29) is 5.91 Å². The molecule has 2 aromatic rings. The summed E-state index contributed by atoms with van der Waals surface area (Å²) in [6.07, 6.45) is -0.642. The van der Waals surface area contributed by atoms with E-state index < -0.39 is 12.1 Å². The monoisotopic (exact) mass is 313 g/mol. The Morgan fingerprint density at radius 1 is 1.04 bits per heavy atom. The van der Waals surface area contributed by atoms with Gasteiger partial charge in [-0.05, 0) is 49.7 Å². The molecule has 1 amide bonds. The van der Waals surface area contributed by atoms with Crippen LogP contribution in [0.2, 0.25) is 0 Å². The van der Waals surface area contributed by atoms with Crippen molar-refractivity contribution < 1.29 is 19.1 Å². The summed E-state index contributed by atoms with van der Waals surface area (Å²) in [6, 6.07) is 14.0.